The van der Waals surface area contributed by atoms with Crippen LogP contribution < -0.4 is 29.7 Å². The Kier molecular flexibility index (Phi) is 12.1. The van der Waals surface area contributed by atoms with Gasteiger partial charge < -0.3 is 28.6 Å². The molecule has 4 rings (SSSR count). The number of guanidine groups is 1. The number of anilines is 1. The Bertz CT molecular complexity index is 1580. The van der Waals surface area contributed by atoms with Crippen molar-refractivity contribution in [3.05, 3.63) is 83.9 Å². The van der Waals surface area contributed by atoms with Crippen molar-refractivity contribution in [3.8, 4) is 17.2 Å². The van der Waals surface area contributed by atoms with Crippen molar-refractivity contribution >= 4 is 29.7 Å². The molecule has 12 nitrogen and oxygen atoms in total. The summed E-state index contributed by atoms with van der Waals surface area (Å²) in [5.74, 6) is 1.84. The van der Waals surface area contributed by atoms with Crippen molar-refractivity contribution in [1.29, 1.82) is 0 Å². The van der Waals surface area contributed by atoms with Gasteiger partial charge in [-0.05, 0) is 95.5 Å². The highest BCUT2D eigenvalue weighted by Gasteiger charge is 2.34. The first-order valence-corrected chi connectivity index (χ1v) is 16.2. The summed E-state index contributed by atoms with van der Waals surface area (Å²) in [7, 11) is 1.62. The van der Waals surface area contributed by atoms with Crippen LogP contribution in [0.4, 0.5) is 15.3 Å². The Labute approximate surface area is 287 Å². The molecule has 12 heteroatoms. The summed E-state index contributed by atoms with van der Waals surface area (Å²) >= 11 is 0. The zero-order valence-corrected chi connectivity index (χ0v) is 29.2. The second kappa shape index (κ2) is 16.2. The van der Waals surface area contributed by atoms with E-state index in [0.717, 1.165) is 22.6 Å². The maximum Gasteiger partial charge on any atom is 0.414 e. The van der Waals surface area contributed by atoms with Gasteiger partial charge in [0.1, 0.15) is 28.5 Å². The molecule has 2 N–H and O–H groups in total. The molecule has 49 heavy (non-hydrogen) atoms. The number of hydrogen-bond acceptors (Lipinski definition) is 9. The lowest BCUT2D eigenvalue weighted by Crippen LogP contribution is -2.47. The van der Waals surface area contributed by atoms with Gasteiger partial charge in [0.15, 0.2) is 6.10 Å². The second-order valence-electron chi connectivity index (χ2n) is 13.4. The van der Waals surface area contributed by atoms with Crippen LogP contribution >= 0.6 is 0 Å². The first kappa shape index (κ1) is 36.6. The molecule has 0 fully saturated rings. The fraction of sp³-hybridized carbons (Fsp3) is 0.405. The van der Waals surface area contributed by atoms with Gasteiger partial charge in [0, 0.05) is 13.0 Å². The largest absolute Gasteiger partial charge is 0.497 e. The van der Waals surface area contributed by atoms with Crippen molar-refractivity contribution in [2.45, 2.75) is 78.2 Å². The van der Waals surface area contributed by atoms with Crippen LogP contribution in [0.5, 0.6) is 17.2 Å². The molecule has 3 aromatic carbocycles. The molecule has 262 valence electrons. The standard InChI is InChI=1S/C37H46N4O8/c1-36(2,3)48-34(43)39-33(40-35(44)49-37(4,5)6)38-22-20-25-12-18-28(19-13-25)46-23-21-31-32(42)41(29-10-8-9-11-30(29)47-31)24-26-14-16-27(45-7)17-15-26/h8-19,31H,20-24H2,1-7H3,(H2,38,39,40,43,44). The number of nitrogens with one attached hydrogen (secondary N) is 2. The fourth-order valence-corrected chi connectivity index (χ4v) is 4.78. The maximum absolute atomic E-state index is 13.5. The third-order valence-electron chi connectivity index (χ3n) is 6.95. The topological polar surface area (TPSA) is 137 Å². The van der Waals surface area contributed by atoms with Crippen LogP contribution in [0.2, 0.25) is 0 Å². The predicted molar refractivity (Wildman–Crippen MR) is 186 cm³/mol. The highest BCUT2D eigenvalue weighted by Crippen LogP contribution is 2.35. The number of carbonyl (C=O) groups excluding carboxylic acids is 3. The van der Waals surface area contributed by atoms with Gasteiger partial charge in [-0.3, -0.25) is 20.4 Å². The van der Waals surface area contributed by atoms with Gasteiger partial charge in [-0.2, -0.15) is 0 Å². The fourth-order valence-electron chi connectivity index (χ4n) is 4.78. The van der Waals surface area contributed by atoms with Gasteiger partial charge in [0.05, 0.1) is 25.9 Å². The summed E-state index contributed by atoms with van der Waals surface area (Å²) in [5, 5.41) is 4.96. The lowest BCUT2D eigenvalue weighted by molar-refractivity contribution is -0.127. The van der Waals surface area contributed by atoms with E-state index in [1.165, 1.54) is 0 Å². The minimum absolute atomic E-state index is 0.0758. The van der Waals surface area contributed by atoms with Crippen LogP contribution in [0.25, 0.3) is 0 Å². The van der Waals surface area contributed by atoms with Crippen LogP contribution in [0.3, 0.4) is 0 Å². The molecule has 1 unspecified atom stereocenters. The number of hydrogen-bond donors (Lipinski definition) is 2. The second-order valence-corrected chi connectivity index (χ2v) is 13.4. The number of fused-ring (bicyclic) bond motifs is 1. The van der Waals surface area contributed by atoms with Crippen molar-refractivity contribution in [2.75, 3.05) is 25.2 Å². The number of amides is 3. The number of para-hydroxylation sites is 2. The highest BCUT2D eigenvalue weighted by molar-refractivity contribution is 6.01. The molecule has 1 aliphatic heterocycles. The van der Waals surface area contributed by atoms with Gasteiger partial charge in [-0.15, -0.1) is 0 Å². The summed E-state index contributed by atoms with van der Waals surface area (Å²) in [4.78, 5) is 44.3. The van der Waals surface area contributed by atoms with E-state index >= 15 is 0 Å². The number of ether oxygens (including phenoxy) is 5. The van der Waals surface area contributed by atoms with Gasteiger partial charge >= 0.3 is 12.2 Å². The van der Waals surface area contributed by atoms with Crippen LogP contribution in [-0.4, -0.2) is 61.6 Å². The number of benzene rings is 3. The molecule has 0 radical (unpaired) electrons. The van der Waals surface area contributed by atoms with Crippen LogP contribution in [0.15, 0.2) is 77.8 Å². The monoisotopic (exact) mass is 674 g/mol. The first-order valence-electron chi connectivity index (χ1n) is 16.2. The summed E-state index contributed by atoms with van der Waals surface area (Å²) < 4.78 is 27.9. The Morgan fingerprint density at radius 2 is 1.39 bits per heavy atom. The molecule has 0 saturated heterocycles. The minimum Gasteiger partial charge on any atom is -0.497 e. The number of methoxy groups -OCH3 is 1. The molecule has 0 aromatic heterocycles. The van der Waals surface area contributed by atoms with E-state index in [-0.39, 0.29) is 25.0 Å². The van der Waals surface area contributed by atoms with Gasteiger partial charge in [-0.1, -0.05) is 36.4 Å². The van der Waals surface area contributed by atoms with Crippen LogP contribution in [-0.2, 0) is 27.2 Å². The van der Waals surface area contributed by atoms with Crippen molar-refractivity contribution < 1.29 is 38.1 Å². The average molecular weight is 675 g/mol. The molecule has 1 atom stereocenters. The molecule has 3 amide bonds. The molecule has 1 aliphatic rings. The molecule has 0 spiro atoms. The Balaban J connectivity index is 1.31. The number of alkyl carbamates (subject to hydrolysis) is 2. The SMILES string of the molecule is COc1ccc(CN2C(=O)C(CCOc3ccc(CCN=C(NC(=O)OC(C)(C)C)NC(=O)OC(C)(C)C)cc3)Oc3ccccc32)cc1. The summed E-state index contributed by atoms with van der Waals surface area (Å²) in [6, 6.07) is 22.6. The molecule has 0 saturated carbocycles. The predicted octanol–water partition coefficient (Wildman–Crippen LogP) is 6.41. The normalized spacial score (nSPS) is 14.1. The summed E-state index contributed by atoms with van der Waals surface area (Å²) in [5.41, 5.74) is 1.21. The first-order chi connectivity index (χ1) is 23.2. The molecular formula is C37H46N4O8. The van der Waals surface area contributed by atoms with Crippen LogP contribution in [0, 0.1) is 0 Å². The van der Waals surface area contributed by atoms with E-state index in [9.17, 15) is 14.4 Å². The van der Waals surface area contributed by atoms with Gasteiger partial charge in [0.25, 0.3) is 5.91 Å². The third-order valence-corrected chi connectivity index (χ3v) is 6.95. The number of nitrogens with zero attached hydrogens (tertiary/aromatic N) is 2. The van der Waals surface area contributed by atoms with Crippen molar-refractivity contribution in [2.24, 2.45) is 4.99 Å². The molecular weight excluding hydrogens is 628 g/mol. The van der Waals surface area contributed by atoms with E-state index < -0.39 is 29.5 Å². The van der Waals surface area contributed by atoms with E-state index in [0.29, 0.717) is 30.9 Å². The molecule has 0 bridgehead atoms. The quantitative estimate of drug-likeness (QED) is 0.186. The van der Waals surface area contributed by atoms with Crippen molar-refractivity contribution in [1.82, 2.24) is 10.6 Å². The zero-order valence-electron chi connectivity index (χ0n) is 29.2. The van der Waals surface area contributed by atoms with E-state index in [4.69, 9.17) is 23.7 Å². The lowest BCUT2D eigenvalue weighted by Gasteiger charge is -2.34. The number of aliphatic imine (C=N–C) groups is 1. The number of rotatable bonds is 10. The minimum atomic E-state index is -0.752. The zero-order chi connectivity index (χ0) is 35.6. The van der Waals surface area contributed by atoms with E-state index in [2.05, 4.69) is 15.6 Å². The van der Waals surface area contributed by atoms with E-state index in [1.54, 1.807) is 53.6 Å². The molecule has 3 aromatic rings. The summed E-state index contributed by atoms with van der Waals surface area (Å²) in [6.45, 7) is 11.3. The van der Waals surface area contributed by atoms with Crippen LogP contribution in [0.1, 0.15) is 59.1 Å². The van der Waals surface area contributed by atoms with Gasteiger partial charge in [-0.25, -0.2) is 9.59 Å². The molecule has 1 heterocycles. The smallest absolute Gasteiger partial charge is 0.414 e. The Morgan fingerprint density at radius 1 is 0.816 bits per heavy atom. The van der Waals surface area contributed by atoms with Gasteiger partial charge in [0.2, 0.25) is 5.96 Å². The Morgan fingerprint density at radius 3 is 1.98 bits per heavy atom. The highest BCUT2D eigenvalue weighted by atomic mass is 16.6. The maximum atomic E-state index is 13.5. The molecule has 0 aliphatic carbocycles. The Hall–Kier alpha value is -5.26. The number of carbonyl (C=O) groups is 3. The van der Waals surface area contributed by atoms with E-state index in [1.807, 2.05) is 72.8 Å². The third kappa shape index (κ3) is 11.7. The lowest BCUT2D eigenvalue weighted by atomic mass is 10.1. The van der Waals surface area contributed by atoms with Crippen molar-refractivity contribution in [3.63, 3.8) is 0 Å². The summed E-state index contributed by atoms with van der Waals surface area (Å²) in [6.07, 6.45) is -1.32. The average Bonchev–Trinajstić information content (AvgIpc) is 3.02.